The number of aliphatic hydroxyl groups is 1. The van der Waals surface area contributed by atoms with Gasteiger partial charge in [0.2, 0.25) is 0 Å². The van der Waals surface area contributed by atoms with Crippen molar-refractivity contribution in [1.29, 1.82) is 0 Å². The second kappa shape index (κ2) is 12.7. The van der Waals surface area contributed by atoms with Crippen molar-refractivity contribution in [3.05, 3.63) is 83.3 Å². The molecule has 1 aromatic heterocycles. The summed E-state index contributed by atoms with van der Waals surface area (Å²) >= 11 is 0. The molecule has 2 heterocycles. The predicted molar refractivity (Wildman–Crippen MR) is 143 cm³/mol. The molecule has 2 atom stereocenters. The SMILES string of the molecule is CCOc1cc([C@H]2NC(=O)NC(C)=C2C(=O)OC)ccc1OC[C@@H](O)N/N=C\c1ccc(-c2ccccc2)o1. The highest BCUT2D eigenvalue weighted by molar-refractivity contribution is 5.95. The molecule has 0 aliphatic carbocycles. The fourth-order valence-electron chi connectivity index (χ4n) is 3.99. The number of nitrogens with zero attached hydrogens (tertiary/aromatic N) is 1. The summed E-state index contributed by atoms with van der Waals surface area (Å²) in [6.45, 7) is 3.65. The highest BCUT2D eigenvalue weighted by Crippen LogP contribution is 2.35. The van der Waals surface area contributed by atoms with E-state index in [0.717, 1.165) is 5.56 Å². The molecule has 0 bridgehead atoms. The van der Waals surface area contributed by atoms with Gasteiger partial charge in [-0.3, -0.25) is 5.43 Å². The number of allylic oxidation sites excluding steroid dienone is 1. The van der Waals surface area contributed by atoms with E-state index in [9.17, 15) is 14.7 Å². The van der Waals surface area contributed by atoms with E-state index < -0.39 is 24.3 Å². The Kier molecular flexibility index (Phi) is 8.85. The summed E-state index contributed by atoms with van der Waals surface area (Å²) in [5.74, 6) is 1.41. The first-order valence-corrected chi connectivity index (χ1v) is 12.3. The number of amides is 2. The second-order valence-corrected chi connectivity index (χ2v) is 8.48. The Labute approximate surface area is 225 Å². The first-order chi connectivity index (χ1) is 18.9. The lowest BCUT2D eigenvalue weighted by atomic mass is 9.95. The molecule has 0 fully saturated rings. The van der Waals surface area contributed by atoms with Gasteiger partial charge in [-0.2, -0.15) is 5.10 Å². The van der Waals surface area contributed by atoms with Crippen LogP contribution in [0.25, 0.3) is 11.3 Å². The Morgan fingerprint density at radius 3 is 2.69 bits per heavy atom. The molecule has 11 heteroatoms. The lowest BCUT2D eigenvalue weighted by Gasteiger charge is -2.28. The maximum absolute atomic E-state index is 12.4. The molecule has 1 aliphatic heterocycles. The van der Waals surface area contributed by atoms with Crippen LogP contribution in [-0.4, -0.2) is 49.9 Å². The highest BCUT2D eigenvalue weighted by Gasteiger charge is 2.32. The fraction of sp³-hybridized carbons (Fsp3) is 0.250. The van der Waals surface area contributed by atoms with Crippen molar-refractivity contribution in [2.24, 2.45) is 5.10 Å². The van der Waals surface area contributed by atoms with Crippen LogP contribution in [0.1, 0.15) is 31.2 Å². The van der Waals surface area contributed by atoms with Crippen molar-refractivity contribution < 1.29 is 33.3 Å². The monoisotopic (exact) mass is 534 g/mol. The second-order valence-electron chi connectivity index (χ2n) is 8.48. The van der Waals surface area contributed by atoms with Crippen LogP contribution in [0, 0.1) is 0 Å². The van der Waals surface area contributed by atoms with Gasteiger partial charge < -0.3 is 34.4 Å². The summed E-state index contributed by atoms with van der Waals surface area (Å²) < 4.78 is 22.1. The quantitative estimate of drug-likeness (QED) is 0.127. The molecular formula is C28H30N4O7. The zero-order valence-corrected chi connectivity index (χ0v) is 21.8. The maximum Gasteiger partial charge on any atom is 0.337 e. The van der Waals surface area contributed by atoms with E-state index in [4.69, 9.17) is 18.6 Å². The number of nitrogens with one attached hydrogen (secondary N) is 3. The van der Waals surface area contributed by atoms with Gasteiger partial charge in [0.1, 0.15) is 18.1 Å². The molecule has 4 N–H and O–H groups in total. The lowest BCUT2D eigenvalue weighted by molar-refractivity contribution is -0.136. The van der Waals surface area contributed by atoms with Crippen LogP contribution in [0.15, 0.2) is 81.5 Å². The van der Waals surface area contributed by atoms with Crippen LogP contribution >= 0.6 is 0 Å². The molecule has 1 aliphatic rings. The molecule has 2 aromatic carbocycles. The molecule has 0 spiro atoms. The number of esters is 1. The number of benzene rings is 2. The third kappa shape index (κ3) is 6.76. The molecule has 0 radical (unpaired) electrons. The molecule has 39 heavy (non-hydrogen) atoms. The number of furan rings is 1. The Morgan fingerprint density at radius 2 is 1.95 bits per heavy atom. The Hall–Kier alpha value is -4.77. The molecular weight excluding hydrogens is 504 g/mol. The van der Waals surface area contributed by atoms with Gasteiger partial charge in [-0.1, -0.05) is 36.4 Å². The van der Waals surface area contributed by atoms with Crippen molar-refractivity contribution >= 4 is 18.2 Å². The first-order valence-electron chi connectivity index (χ1n) is 12.3. The van der Waals surface area contributed by atoms with Crippen LogP contribution in [0.4, 0.5) is 4.79 Å². The summed E-state index contributed by atoms with van der Waals surface area (Å²) in [5.41, 5.74) is 4.80. The number of carbonyl (C=O) groups is 2. The van der Waals surface area contributed by atoms with E-state index in [1.807, 2.05) is 43.3 Å². The van der Waals surface area contributed by atoms with Crippen molar-refractivity contribution in [1.82, 2.24) is 16.1 Å². The normalized spacial score (nSPS) is 15.9. The van der Waals surface area contributed by atoms with Crippen LogP contribution in [0.5, 0.6) is 11.5 Å². The topological polar surface area (TPSA) is 144 Å². The number of rotatable bonds is 11. The Bertz CT molecular complexity index is 1370. The van der Waals surface area contributed by atoms with E-state index in [1.54, 1.807) is 31.2 Å². The zero-order chi connectivity index (χ0) is 27.8. The number of aliphatic hydroxyl groups excluding tert-OH is 1. The number of ether oxygens (including phenoxy) is 3. The molecule has 3 aromatic rings. The molecule has 0 saturated carbocycles. The summed E-state index contributed by atoms with van der Waals surface area (Å²) in [4.78, 5) is 24.5. The predicted octanol–water partition coefficient (Wildman–Crippen LogP) is 3.47. The molecule has 4 rings (SSSR count). The van der Waals surface area contributed by atoms with Gasteiger partial charge in [-0.05, 0) is 43.7 Å². The van der Waals surface area contributed by atoms with Crippen LogP contribution in [-0.2, 0) is 9.53 Å². The first kappa shape index (κ1) is 27.3. The molecule has 11 nitrogen and oxygen atoms in total. The van der Waals surface area contributed by atoms with E-state index in [-0.39, 0.29) is 12.2 Å². The number of urea groups is 1. The van der Waals surface area contributed by atoms with Crippen molar-refractivity contribution in [2.75, 3.05) is 20.3 Å². The number of hydrazone groups is 1. The van der Waals surface area contributed by atoms with E-state index >= 15 is 0 Å². The Morgan fingerprint density at radius 1 is 1.15 bits per heavy atom. The van der Waals surface area contributed by atoms with Crippen LogP contribution in [0.2, 0.25) is 0 Å². The van der Waals surface area contributed by atoms with Gasteiger partial charge >= 0.3 is 12.0 Å². The van der Waals surface area contributed by atoms with E-state index in [2.05, 4.69) is 21.2 Å². The van der Waals surface area contributed by atoms with E-state index in [0.29, 0.717) is 40.9 Å². The van der Waals surface area contributed by atoms with Crippen molar-refractivity contribution in [3.63, 3.8) is 0 Å². The molecule has 0 saturated heterocycles. The Balaban J connectivity index is 1.40. The zero-order valence-electron chi connectivity index (χ0n) is 21.8. The average molecular weight is 535 g/mol. The smallest absolute Gasteiger partial charge is 0.337 e. The van der Waals surface area contributed by atoms with Gasteiger partial charge in [0.15, 0.2) is 17.7 Å². The number of carbonyl (C=O) groups excluding carboxylic acids is 2. The molecule has 2 amide bonds. The minimum absolute atomic E-state index is 0.138. The standard InChI is InChI=1S/C28H30N4O7/c1-4-37-23-14-19(26-25(27(34)36-3)17(2)30-28(35)31-26)10-12-22(23)38-16-24(33)32-29-15-20-11-13-21(39-20)18-8-6-5-7-9-18/h5-15,24,26,32-33H,4,16H2,1-3H3,(H2,30,31,35)/b29-15-/t24-,26-/m1/s1. The van der Waals surface area contributed by atoms with Gasteiger partial charge in [0.25, 0.3) is 0 Å². The van der Waals surface area contributed by atoms with Crippen LogP contribution < -0.4 is 25.5 Å². The minimum atomic E-state index is -1.13. The summed E-state index contributed by atoms with van der Waals surface area (Å²) in [6.07, 6.45) is 0.330. The minimum Gasteiger partial charge on any atom is -0.490 e. The van der Waals surface area contributed by atoms with Gasteiger partial charge in [0.05, 0.1) is 31.5 Å². The van der Waals surface area contributed by atoms with Crippen LogP contribution in [0.3, 0.4) is 0 Å². The van der Waals surface area contributed by atoms with Crippen molar-refractivity contribution in [2.45, 2.75) is 26.1 Å². The molecule has 0 unspecified atom stereocenters. The van der Waals surface area contributed by atoms with Gasteiger partial charge in [-0.15, -0.1) is 0 Å². The largest absolute Gasteiger partial charge is 0.490 e. The van der Waals surface area contributed by atoms with Gasteiger partial charge in [0, 0.05) is 11.3 Å². The maximum atomic E-state index is 12.4. The van der Waals surface area contributed by atoms with Crippen molar-refractivity contribution in [3.8, 4) is 22.8 Å². The van der Waals surface area contributed by atoms with E-state index in [1.165, 1.54) is 13.3 Å². The highest BCUT2D eigenvalue weighted by atomic mass is 16.5. The fourth-order valence-corrected chi connectivity index (χ4v) is 3.99. The number of methoxy groups -OCH3 is 1. The lowest BCUT2D eigenvalue weighted by Crippen LogP contribution is -2.45. The average Bonchev–Trinajstić information content (AvgIpc) is 3.41. The summed E-state index contributed by atoms with van der Waals surface area (Å²) in [5, 5.41) is 19.6. The summed E-state index contributed by atoms with van der Waals surface area (Å²) in [7, 11) is 1.28. The van der Waals surface area contributed by atoms with Gasteiger partial charge in [-0.25, -0.2) is 9.59 Å². The summed E-state index contributed by atoms with van der Waals surface area (Å²) in [6, 6.07) is 17.1. The third-order valence-corrected chi connectivity index (χ3v) is 5.77. The number of hydrogen-bond donors (Lipinski definition) is 4. The number of hydrogen-bond acceptors (Lipinski definition) is 9. The third-order valence-electron chi connectivity index (χ3n) is 5.77. The molecule has 204 valence electrons.